The fraction of sp³-hybridized carbons (Fsp3) is 0.556. The van der Waals surface area contributed by atoms with Gasteiger partial charge < -0.3 is 15.6 Å². The molecule has 0 aliphatic carbocycles. The van der Waals surface area contributed by atoms with Crippen LogP contribution >= 0.6 is 0 Å². The topological polar surface area (TPSA) is 89.6 Å². The fourth-order valence-corrected chi connectivity index (χ4v) is 2.57. The molecule has 0 saturated heterocycles. The summed E-state index contributed by atoms with van der Waals surface area (Å²) in [6.07, 6.45) is 6.57. The van der Waals surface area contributed by atoms with Crippen LogP contribution in [0.15, 0.2) is 18.2 Å². The molecule has 0 amide bonds. The summed E-state index contributed by atoms with van der Waals surface area (Å²) < 4.78 is 5.18. The second-order valence-corrected chi connectivity index (χ2v) is 5.78. The molecule has 0 atom stereocenters. The fourth-order valence-electron chi connectivity index (χ4n) is 2.57. The normalized spacial score (nSPS) is 10.7. The standard InChI is InChI=1S/C18H27NO4/c1-3-13(4-2)8-6-5-7-11-23-18(22)15-10-9-14(19)12-16(15)17(20)21/h9-10,12-13H,3-8,11,19H2,1-2H3,(H,20,21). The van der Waals surface area contributed by atoms with Crippen LogP contribution in [0.2, 0.25) is 0 Å². The summed E-state index contributed by atoms with van der Waals surface area (Å²) in [6, 6.07) is 4.17. The van der Waals surface area contributed by atoms with Gasteiger partial charge in [-0.25, -0.2) is 9.59 Å². The highest BCUT2D eigenvalue weighted by Crippen LogP contribution is 2.17. The van der Waals surface area contributed by atoms with Crippen LogP contribution in [0.25, 0.3) is 0 Å². The maximum atomic E-state index is 12.0. The molecule has 128 valence electrons. The second-order valence-electron chi connectivity index (χ2n) is 5.78. The number of unbranched alkanes of at least 4 members (excludes halogenated alkanes) is 2. The molecule has 1 aromatic carbocycles. The lowest BCUT2D eigenvalue weighted by molar-refractivity contribution is 0.0487. The van der Waals surface area contributed by atoms with Crippen LogP contribution in [-0.2, 0) is 4.74 Å². The highest BCUT2D eigenvalue weighted by atomic mass is 16.5. The number of hydrogen-bond acceptors (Lipinski definition) is 4. The van der Waals surface area contributed by atoms with E-state index in [9.17, 15) is 9.59 Å². The Labute approximate surface area is 137 Å². The summed E-state index contributed by atoms with van der Waals surface area (Å²) in [4.78, 5) is 23.1. The molecule has 0 fully saturated rings. The third-order valence-electron chi connectivity index (χ3n) is 4.14. The molecule has 1 aromatic rings. The molecule has 0 spiro atoms. The summed E-state index contributed by atoms with van der Waals surface area (Å²) in [5.41, 5.74) is 5.78. The average molecular weight is 321 g/mol. The first-order chi connectivity index (χ1) is 11.0. The van der Waals surface area contributed by atoms with E-state index in [4.69, 9.17) is 15.6 Å². The number of benzene rings is 1. The number of rotatable bonds is 10. The molecule has 0 heterocycles. The smallest absolute Gasteiger partial charge is 0.339 e. The summed E-state index contributed by atoms with van der Waals surface area (Å²) in [7, 11) is 0. The zero-order valence-electron chi connectivity index (χ0n) is 14.0. The van der Waals surface area contributed by atoms with Gasteiger partial charge in [0.25, 0.3) is 0 Å². The Balaban J connectivity index is 2.39. The van der Waals surface area contributed by atoms with Gasteiger partial charge in [0.2, 0.25) is 0 Å². The average Bonchev–Trinajstić information content (AvgIpc) is 2.53. The van der Waals surface area contributed by atoms with Crippen LogP contribution in [0.5, 0.6) is 0 Å². The Hall–Kier alpha value is -2.04. The number of ether oxygens (including phenoxy) is 1. The summed E-state index contributed by atoms with van der Waals surface area (Å²) >= 11 is 0. The van der Waals surface area contributed by atoms with Crippen LogP contribution in [0, 0.1) is 5.92 Å². The predicted molar refractivity (Wildman–Crippen MR) is 90.6 cm³/mol. The number of hydrogen-bond donors (Lipinski definition) is 2. The Morgan fingerprint density at radius 3 is 2.43 bits per heavy atom. The molecule has 0 aliphatic heterocycles. The van der Waals surface area contributed by atoms with Crippen LogP contribution < -0.4 is 5.73 Å². The number of carboxylic acid groups (broad SMARTS) is 1. The van der Waals surface area contributed by atoms with E-state index in [-0.39, 0.29) is 11.1 Å². The van der Waals surface area contributed by atoms with Crippen LogP contribution in [-0.4, -0.2) is 23.7 Å². The quantitative estimate of drug-likeness (QED) is 0.384. The van der Waals surface area contributed by atoms with Gasteiger partial charge in [0.05, 0.1) is 17.7 Å². The molecular weight excluding hydrogens is 294 g/mol. The van der Waals surface area contributed by atoms with Crippen molar-refractivity contribution in [1.82, 2.24) is 0 Å². The van der Waals surface area contributed by atoms with Crippen LogP contribution in [0.3, 0.4) is 0 Å². The van der Waals surface area contributed by atoms with Crippen molar-refractivity contribution in [1.29, 1.82) is 0 Å². The molecule has 0 aromatic heterocycles. The van der Waals surface area contributed by atoms with Crippen molar-refractivity contribution in [3.05, 3.63) is 29.3 Å². The van der Waals surface area contributed by atoms with E-state index < -0.39 is 11.9 Å². The van der Waals surface area contributed by atoms with Crippen molar-refractivity contribution in [2.45, 2.75) is 52.4 Å². The van der Waals surface area contributed by atoms with Gasteiger partial charge in [0, 0.05) is 5.69 Å². The molecule has 0 radical (unpaired) electrons. The first-order valence-corrected chi connectivity index (χ1v) is 8.29. The molecule has 3 N–H and O–H groups in total. The van der Waals surface area contributed by atoms with Crippen LogP contribution in [0.1, 0.15) is 73.1 Å². The molecule has 0 saturated carbocycles. The van der Waals surface area contributed by atoms with E-state index in [1.54, 1.807) is 0 Å². The van der Waals surface area contributed by atoms with Gasteiger partial charge in [-0.1, -0.05) is 46.0 Å². The summed E-state index contributed by atoms with van der Waals surface area (Å²) in [5, 5.41) is 9.12. The molecule has 1 rings (SSSR count). The number of carbonyl (C=O) groups is 2. The Bertz CT molecular complexity index is 524. The first kappa shape index (κ1) is 19.0. The van der Waals surface area contributed by atoms with Gasteiger partial charge in [-0.3, -0.25) is 0 Å². The number of nitrogens with two attached hydrogens (primary N) is 1. The zero-order chi connectivity index (χ0) is 17.2. The lowest BCUT2D eigenvalue weighted by atomic mass is 9.96. The summed E-state index contributed by atoms with van der Waals surface area (Å²) in [6.45, 7) is 4.73. The van der Waals surface area contributed by atoms with E-state index in [0.717, 1.165) is 25.2 Å². The number of carboxylic acids is 1. The Morgan fingerprint density at radius 1 is 1.13 bits per heavy atom. The third-order valence-corrected chi connectivity index (χ3v) is 4.14. The highest BCUT2D eigenvalue weighted by molar-refractivity contribution is 6.03. The second kappa shape index (κ2) is 9.87. The van der Waals surface area contributed by atoms with Crippen molar-refractivity contribution in [3.63, 3.8) is 0 Å². The van der Waals surface area contributed by atoms with E-state index >= 15 is 0 Å². The monoisotopic (exact) mass is 321 g/mol. The lowest BCUT2D eigenvalue weighted by Gasteiger charge is -2.11. The molecule has 5 heteroatoms. The lowest BCUT2D eigenvalue weighted by Crippen LogP contribution is -2.13. The van der Waals surface area contributed by atoms with Crippen LogP contribution in [0.4, 0.5) is 5.69 Å². The van der Waals surface area contributed by atoms with E-state index in [2.05, 4.69) is 13.8 Å². The number of nitrogen functional groups attached to an aromatic ring is 1. The SMILES string of the molecule is CCC(CC)CCCCCOC(=O)c1ccc(N)cc1C(=O)O. The Morgan fingerprint density at radius 2 is 1.83 bits per heavy atom. The number of carbonyl (C=O) groups excluding carboxylic acids is 1. The van der Waals surface area contributed by atoms with Gasteiger partial charge >= 0.3 is 11.9 Å². The van der Waals surface area contributed by atoms with Crippen molar-refractivity contribution in [2.24, 2.45) is 5.92 Å². The number of esters is 1. The molecule has 0 unspecified atom stereocenters. The molecule has 0 aliphatic rings. The zero-order valence-corrected chi connectivity index (χ0v) is 14.0. The van der Waals surface area contributed by atoms with E-state index in [1.165, 1.54) is 37.5 Å². The van der Waals surface area contributed by atoms with E-state index in [0.29, 0.717) is 12.3 Å². The Kier molecular flexibility index (Phi) is 8.16. The maximum Gasteiger partial charge on any atom is 0.339 e. The minimum Gasteiger partial charge on any atom is -0.478 e. The third kappa shape index (κ3) is 6.30. The minimum atomic E-state index is -1.19. The molecule has 0 bridgehead atoms. The van der Waals surface area contributed by atoms with E-state index in [1.807, 2.05) is 0 Å². The number of anilines is 1. The van der Waals surface area contributed by atoms with Crippen molar-refractivity contribution < 1.29 is 19.4 Å². The first-order valence-electron chi connectivity index (χ1n) is 8.29. The highest BCUT2D eigenvalue weighted by Gasteiger charge is 2.17. The maximum absolute atomic E-state index is 12.0. The van der Waals surface area contributed by atoms with Crippen molar-refractivity contribution in [2.75, 3.05) is 12.3 Å². The minimum absolute atomic E-state index is 0.0451. The predicted octanol–water partition coefficient (Wildman–Crippen LogP) is 4.12. The van der Waals surface area contributed by atoms with Crippen molar-refractivity contribution in [3.8, 4) is 0 Å². The van der Waals surface area contributed by atoms with Gasteiger partial charge in [-0.15, -0.1) is 0 Å². The van der Waals surface area contributed by atoms with Gasteiger partial charge in [0.1, 0.15) is 0 Å². The van der Waals surface area contributed by atoms with Gasteiger partial charge in [-0.05, 0) is 30.5 Å². The molecule has 23 heavy (non-hydrogen) atoms. The largest absolute Gasteiger partial charge is 0.478 e. The van der Waals surface area contributed by atoms with Gasteiger partial charge in [0.15, 0.2) is 0 Å². The molecule has 5 nitrogen and oxygen atoms in total. The summed E-state index contributed by atoms with van der Waals surface area (Å²) in [5.74, 6) is -1.01. The van der Waals surface area contributed by atoms with Crippen molar-refractivity contribution >= 4 is 17.6 Å². The number of aromatic carboxylic acids is 1. The molecular formula is C18H27NO4. The van der Waals surface area contributed by atoms with Gasteiger partial charge in [-0.2, -0.15) is 0 Å².